The molecule has 8 nitrogen and oxygen atoms in total. The lowest BCUT2D eigenvalue weighted by atomic mass is 10.2. The van der Waals surface area contributed by atoms with Gasteiger partial charge < -0.3 is 10.2 Å². The normalized spacial score (nSPS) is 13.8. The van der Waals surface area contributed by atoms with Crippen LogP contribution < -0.4 is 10.9 Å². The van der Waals surface area contributed by atoms with Crippen molar-refractivity contribution < 1.29 is 19.8 Å². The third-order valence-corrected chi connectivity index (χ3v) is 3.68. The average Bonchev–Trinajstić information content (AvgIpc) is 2.78. The van der Waals surface area contributed by atoms with Crippen molar-refractivity contribution in [3.63, 3.8) is 0 Å². The lowest BCUT2D eigenvalue weighted by Gasteiger charge is -2.13. The molecule has 0 saturated carbocycles. The maximum atomic E-state index is 11.8. The second-order valence-electron chi connectivity index (χ2n) is 5.94. The molecule has 0 bridgehead atoms. The molecule has 30 heavy (non-hydrogen) atoms. The van der Waals surface area contributed by atoms with Crippen molar-refractivity contribution in [2.75, 3.05) is 0 Å². The largest absolute Gasteiger partial charge is 0.380 e. The fourth-order valence-electron chi connectivity index (χ4n) is 2.14. The number of carbonyl (C=O) groups is 2. The molecule has 0 unspecified atom stereocenters. The minimum Gasteiger partial charge on any atom is -0.380 e. The molecule has 4 N–H and O–H groups in total. The zero-order valence-corrected chi connectivity index (χ0v) is 16.0. The molecule has 2 rings (SSSR count). The number of hydrogen-bond acceptors (Lipinski definition) is 6. The first-order chi connectivity index (χ1) is 14.6. The molecule has 0 heterocycles. The number of rotatable bonds is 9. The number of nitrogens with one attached hydrogen (secondary N) is 2. The quantitative estimate of drug-likeness (QED) is 0.371. The second-order valence-corrected chi connectivity index (χ2v) is 5.94. The number of amides is 2. The third kappa shape index (κ3) is 8.01. The van der Waals surface area contributed by atoms with Crippen molar-refractivity contribution >= 4 is 36.4 Å². The number of allylic oxidation sites excluding steroid dienone is 2. The first-order valence-corrected chi connectivity index (χ1v) is 9.03. The standard InChI is InChI=1S/C22H22N4O4/c27-19(21(29)25-23-15-7-13-17-9-3-1-4-10-17)20(28)22(30)26-24-16-8-14-18-11-5-2-6-12-18/h1-16,19-20,27-28H,(H,25,29)(H,26,30)/b13-7-,14-8-,23-15-,24-16+/t19-,20+/m1/s1. The number of hydrazone groups is 2. The van der Waals surface area contributed by atoms with E-state index in [1.165, 1.54) is 12.4 Å². The number of benzene rings is 2. The molecular formula is C22H22N4O4. The van der Waals surface area contributed by atoms with E-state index in [0.717, 1.165) is 11.1 Å². The van der Waals surface area contributed by atoms with E-state index in [4.69, 9.17) is 0 Å². The van der Waals surface area contributed by atoms with Gasteiger partial charge in [-0.2, -0.15) is 10.2 Å². The predicted octanol–water partition coefficient (Wildman–Crippen LogP) is 1.34. The van der Waals surface area contributed by atoms with Crippen LogP contribution >= 0.6 is 0 Å². The van der Waals surface area contributed by atoms with Crippen LogP contribution in [0.1, 0.15) is 11.1 Å². The number of hydrogen-bond donors (Lipinski definition) is 4. The Labute approximate surface area is 174 Å². The Hall–Kier alpha value is -3.88. The van der Waals surface area contributed by atoms with Crippen molar-refractivity contribution in [2.45, 2.75) is 12.2 Å². The highest BCUT2D eigenvalue weighted by Crippen LogP contribution is 2.00. The maximum absolute atomic E-state index is 11.8. The Morgan fingerprint density at radius 2 is 1.07 bits per heavy atom. The van der Waals surface area contributed by atoms with Gasteiger partial charge in [-0.15, -0.1) is 0 Å². The second kappa shape index (κ2) is 12.6. The molecule has 2 amide bonds. The number of nitrogens with zero attached hydrogens (tertiary/aromatic N) is 2. The maximum Gasteiger partial charge on any atom is 0.272 e. The van der Waals surface area contributed by atoms with Gasteiger partial charge in [0.05, 0.1) is 0 Å². The van der Waals surface area contributed by atoms with Gasteiger partial charge in [-0.3, -0.25) is 9.59 Å². The first kappa shape index (κ1) is 22.4. The van der Waals surface area contributed by atoms with Crippen LogP contribution in [0.5, 0.6) is 0 Å². The highest BCUT2D eigenvalue weighted by molar-refractivity contribution is 5.91. The summed E-state index contributed by atoms with van der Waals surface area (Å²) in [5, 5.41) is 26.7. The van der Waals surface area contributed by atoms with Crippen LogP contribution in [0.3, 0.4) is 0 Å². The van der Waals surface area contributed by atoms with Crippen LogP contribution in [0.15, 0.2) is 83.0 Å². The van der Waals surface area contributed by atoms with Gasteiger partial charge in [-0.05, 0) is 23.3 Å². The zero-order chi connectivity index (χ0) is 21.6. The first-order valence-electron chi connectivity index (χ1n) is 9.03. The molecule has 0 aliphatic heterocycles. The van der Waals surface area contributed by atoms with Crippen LogP contribution in [0, 0.1) is 0 Å². The van der Waals surface area contributed by atoms with Gasteiger partial charge in [-0.1, -0.05) is 72.8 Å². The molecule has 0 radical (unpaired) electrons. The van der Waals surface area contributed by atoms with E-state index in [1.807, 2.05) is 71.5 Å². The van der Waals surface area contributed by atoms with E-state index >= 15 is 0 Å². The lowest BCUT2D eigenvalue weighted by molar-refractivity contribution is -0.146. The van der Waals surface area contributed by atoms with Crippen molar-refractivity contribution in [3.8, 4) is 0 Å². The molecule has 0 fully saturated rings. The van der Waals surface area contributed by atoms with E-state index in [0.29, 0.717) is 0 Å². The van der Waals surface area contributed by atoms with Crippen LogP contribution in [-0.2, 0) is 9.59 Å². The number of aliphatic hydroxyl groups excluding tert-OH is 2. The fraction of sp³-hybridized carbons (Fsp3) is 0.0909. The van der Waals surface area contributed by atoms with E-state index in [-0.39, 0.29) is 0 Å². The van der Waals surface area contributed by atoms with Gasteiger partial charge in [0.25, 0.3) is 11.8 Å². The molecule has 0 aliphatic rings. The molecule has 2 aromatic carbocycles. The monoisotopic (exact) mass is 406 g/mol. The van der Waals surface area contributed by atoms with E-state index in [1.54, 1.807) is 24.3 Å². The Balaban J connectivity index is 1.74. The molecule has 154 valence electrons. The highest BCUT2D eigenvalue weighted by Gasteiger charge is 2.30. The fourth-order valence-corrected chi connectivity index (χ4v) is 2.14. The summed E-state index contributed by atoms with van der Waals surface area (Å²) in [6.07, 6.45) is 5.29. The number of aliphatic hydroxyl groups is 2. The Morgan fingerprint density at radius 3 is 1.43 bits per heavy atom. The lowest BCUT2D eigenvalue weighted by Crippen LogP contribution is -2.47. The topological polar surface area (TPSA) is 123 Å². The molecule has 0 aliphatic carbocycles. The van der Waals surface area contributed by atoms with Crippen LogP contribution in [0.25, 0.3) is 12.2 Å². The summed E-state index contributed by atoms with van der Waals surface area (Å²) in [6.45, 7) is 0. The molecule has 2 aromatic rings. The summed E-state index contributed by atoms with van der Waals surface area (Å²) in [5.74, 6) is -2.06. The van der Waals surface area contributed by atoms with Crippen molar-refractivity contribution in [3.05, 3.63) is 83.9 Å². The molecule has 2 atom stereocenters. The highest BCUT2D eigenvalue weighted by atomic mass is 16.3. The van der Waals surface area contributed by atoms with Gasteiger partial charge in [0.2, 0.25) is 0 Å². The minimum atomic E-state index is -2.00. The van der Waals surface area contributed by atoms with Gasteiger partial charge >= 0.3 is 0 Å². The SMILES string of the molecule is O=C(N/N=C/C=C\c1ccccc1)[C@@H](O)[C@@H](O)C(=O)N/N=C\C=C/c1ccccc1. The Morgan fingerprint density at radius 1 is 0.700 bits per heavy atom. The summed E-state index contributed by atoms with van der Waals surface area (Å²) < 4.78 is 0. The van der Waals surface area contributed by atoms with Crippen LogP contribution in [-0.4, -0.2) is 46.7 Å². The molecule has 8 heteroatoms. The van der Waals surface area contributed by atoms with E-state index < -0.39 is 24.0 Å². The smallest absolute Gasteiger partial charge is 0.272 e. The van der Waals surface area contributed by atoms with E-state index in [2.05, 4.69) is 10.2 Å². The van der Waals surface area contributed by atoms with Gasteiger partial charge in [0.15, 0.2) is 12.2 Å². The average molecular weight is 406 g/mol. The van der Waals surface area contributed by atoms with Crippen molar-refractivity contribution in [2.24, 2.45) is 10.2 Å². The van der Waals surface area contributed by atoms with Gasteiger partial charge in [-0.25, -0.2) is 10.9 Å². The van der Waals surface area contributed by atoms with Crippen molar-refractivity contribution in [1.29, 1.82) is 0 Å². The predicted molar refractivity (Wildman–Crippen MR) is 116 cm³/mol. The van der Waals surface area contributed by atoms with Crippen LogP contribution in [0.4, 0.5) is 0 Å². The van der Waals surface area contributed by atoms with Gasteiger partial charge in [0.1, 0.15) is 0 Å². The minimum absolute atomic E-state index is 0.946. The molecule has 0 saturated heterocycles. The summed E-state index contributed by atoms with van der Waals surface area (Å²) in [7, 11) is 0. The molecule has 0 spiro atoms. The van der Waals surface area contributed by atoms with Crippen LogP contribution in [0.2, 0.25) is 0 Å². The summed E-state index contributed by atoms with van der Waals surface area (Å²) in [6, 6.07) is 18.9. The van der Waals surface area contributed by atoms with E-state index in [9.17, 15) is 19.8 Å². The van der Waals surface area contributed by atoms with Gasteiger partial charge in [0, 0.05) is 12.4 Å². The molecular weight excluding hydrogens is 384 g/mol. The third-order valence-electron chi connectivity index (χ3n) is 3.68. The summed E-state index contributed by atoms with van der Waals surface area (Å²) in [5.41, 5.74) is 5.97. The Bertz CT molecular complexity index is 847. The molecule has 0 aromatic heterocycles. The summed E-state index contributed by atoms with van der Waals surface area (Å²) >= 11 is 0. The zero-order valence-electron chi connectivity index (χ0n) is 16.0. The van der Waals surface area contributed by atoms with Crippen molar-refractivity contribution in [1.82, 2.24) is 10.9 Å². The summed E-state index contributed by atoms with van der Waals surface area (Å²) in [4.78, 5) is 23.5. The Kier molecular flexibility index (Phi) is 9.38. The number of carbonyl (C=O) groups excluding carboxylic acids is 2.